The molecule has 256 valence electrons. The summed E-state index contributed by atoms with van der Waals surface area (Å²) in [5.41, 5.74) is 1.06. The SMILES string of the molecule is CCC[C@@H]1OC(=O)[C@@H](C)C[C@H](C)CCCCC(=O)CCC[C@@H](CC)CC/C=C(\COC)CC[C@@H](O)[C@@H](O)C[C@H](O)CNC1=O. The van der Waals surface area contributed by atoms with Crippen LogP contribution in [0.2, 0.25) is 0 Å². The van der Waals surface area contributed by atoms with Crippen LogP contribution in [0.1, 0.15) is 130 Å². The van der Waals surface area contributed by atoms with Gasteiger partial charge in [-0.15, -0.1) is 0 Å². The number of cyclic esters (lactones) is 1. The second-order valence-electron chi connectivity index (χ2n) is 13.1. The fourth-order valence-corrected chi connectivity index (χ4v) is 5.98. The van der Waals surface area contributed by atoms with Gasteiger partial charge in [0, 0.05) is 32.9 Å². The Morgan fingerprint density at radius 1 is 0.909 bits per heavy atom. The molecule has 1 rings (SSSR count). The number of β-amino-alcohol motifs (C(OH)–C–C–N with tert-alkyl or cyclic N) is 1. The number of allylic oxidation sites excluding steroid dienone is 1. The Morgan fingerprint density at radius 3 is 2.32 bits per heavy atom. The molecule has 9 nitrogen and oxygen atoms in total. The second-order valence-corrected chi connectivity index (χ2v) is 13.1. The van der Waals surface area contributed by atoms with E-state index < -0.39 is 36.3 Å². The van der Waals surface area contributed by atoms with Crippen molar-refractivity contribution in [1.82, 2.24) is 5.32 Å². The van der Waals surface area contributed by atoms with Gasteiger partial charge in [-0.3, -0.25) is 14.4 Å². The van der Waals surface area contributed by atoms with Crippen molar-refractivity contribution in [2.75, 3.05) is 20.3 Å². The summed E-state index contributed by atoms with van der Waals surface area (Å²) in [6.07, 6.45) is 9.29. The molecule has 0 bridgehead atoms. The van der Waals surface area contributed by atoms with Crippen LogP contribution in [0.25, 0.3) is 0 Å². The molecule has 0 aromatic carbocycles. The van der Waals surface area contributed by atoms with Crippen molar-refractivity contribution in [3.8, 4) is 0 Å². The highest BCUT2D eigenvalue weighted by Crippen LogP contribution is 2.23. The number of carbonyl (C=O) groups excluding carboxylic acids is 3. The van der Waals surface area contributed by atoms with E-state index in [-0.39, 0.29) is 18.9 Å². The predicted octanol–water partition coefficient (Wildman–Crippen LogP) is 5.42. The summed E-state index contributed by atoms with van der Waals surface area (Å²) in [5.74, 6) is -0.0892. The van der Waals surface area contributed by atoms with Crippen molar-refractivity contribution in [2.45, 2.75) is 155 Å². The second kappa shape index (κ2) is 23.5. The molecule has 0 unspecified atom stereocenters. The third-order valence-corrected chi connectivity index (χ3v) is 8.88. The lowest BCUT2D eigenvalue weighted by atomic mass is 9.91. The van der Waals surface area contributed by atoms with Crippen LogP contribution < -0.4 is 5.32 Å². The highest BCUT2D eigenvalue weighted by Gasteiger charge is 2.27. The third-order valence-electron chi connectivity index (χ3n) is 8.88. The van der Waals surface area contributed by atoms with E-state index >= 15 is 0 Å². The van der Waals surface area contributed by atoms with Crippen LogP contribution in [-0.2, 0) is 23.9 Å². The topological polar surface area (TPSA) is 142 Å². The standard InChI is InChI=1S/C35H63NO8/c1-6-12-33-34(41)36-23-30(38)22-32(40)31(39)20-19-28(24-43-5)16-10-14-27(7-2)15-11-18-29(37)17-9-8-13-25(3)21-26(4)35(42)44-33/h16,25-27,30-33,38-40H,6-15,17-24H2,1-5H3,(H,36,41)/b28-16-/t25-,26+,27+,30+,31-,32+,33+/m1/s1. The van der Waals surface area contributed by atoms with Gasteiger partial charge in [0.15, 0.2) is 6.10 Å². The number of aliphatic hydroxyl groups excluding tert-OH is 3. The molecule has 1 aliphatic rings. The first-order valence-corrected chi connectivity index (χ1v) is 17.2. The van der Waals surface area contributed by atoms with E-state index in [0.29, 0.717) is 69.2 Å². The van der Waals surface area contributed by atoms with Crippen LogP contribution >= 0.6 is 0 Å². The van der Waals surface area contributed by atoms with Gasteiger partial charge in [0.2, 0.25) is 0 Å². The first kappa shape index (κ1) is 40.2. The van der Waals surface area contributed by atoms with E-state index in [4.69, 9.17) is 9.47 Å². The molecule has 44 heavy (non-hydrogen) atoms. The number of hydrogen-bond donors (Lipinski definition) is 4. The van der Waals surface area contributed by atoms with Crippen LogP contribution in [0.3, 0.4) is 0 Å². The van der Waals surface area contributed by atoms with Crippen molar-refractivity contribution < 1.29 is 39.2 Å². The predicted molar refractivity (Wildman–Crippen MR) is 173 cm³/mol. The molecule has 0 aromatic heterocycles. The summed E-state index contributed by atoms with van der Waals surface area (Å²) < 4.78 is 10.9. The van der Waals surface area contributed by atoms with Gasteiger partial charge in [-0.1, -0.05) is 65.9 Å². The monoisotopic (exact) mass is 625 g/mol. The van der Waals surface area contributed by atoms with Gasteiger partial charge in [0.05, 0.1) is 30.8 Å². The summed E-state index contributed by atoms with van der Waals surface area (Å²) >= 11 is 0. The number of amides is 1. The van der Waals surface area contributed by atoms with E-state index in [1.54, 1.807) is 7.11 Å². The Balaban J connectivity index is 2.91. The third kappa shape index (κ3) is 17.6. The molecule has 0 saturated carbocycles. The number of methoxy groups -OCH3 is 1. The van der Waals surface area contributed by atoms with Crippen LogP contribution in [0.15, 0.2) is 11.6 Å². The Hall–Kier alpha value is -1.81. The van der Waals surface area contributed by atoms with Crippen molar-refractivity contribution in [1.29, 1.82) is 0 Å². The Morgan fingerprint density at radius 2 is 1.64 bits per heavy atom. The maximum absolute atomic E-state index is 12.8. The van der Waals surface area contributed by atoms with Gasteiger partial charge in [-0.25, -0.2) is 0 Å². The number of carbonyl (C=O) groups is 3. The number of hydrogen-bond acceptors (Lipinski definition) is 8. The average Bonchev–Trinajstić information content (AvgIpc) is 2.98. The summed E-state index contributed by atoms with van der Waals surface area (Å²) in [4.78, 5) is 38.1. The van der Waals surface area contributed by atoms with E-state index in [1.165, 1.54) is 0 Å². The molecular formula is C35H63NO8. The Labute approximate surface area is 266 Å². The number of ketones is 1. The molecule has 9 heteroatoms. The quantitative estimate of drug-likeness (QED) is 0.234. The highest BCUT2D eigenvalue weighted by atomic mass is 16.5. The lowest BCUT2D eigenvalue weighted by Gasteiger charge is -2.23. The molecule has 7 atom stereocenters. The molecule has 1 heterocycles. The Bertz CT molecular complexity index is 847. The van der Waals surface area contributed by atoms with Gasteiger partial charge >= 0.3 is 5.97 Å². The van der Waals surface area contributed by atoms with E-state index in [9.17, 15) is 29.7 Å². The van der Waals surface area contributed by atoms with Crippen molar-refractivity contribution in [3.63, 3.8) is 0 Å². The Kier molecular flexibility index (Phi) is 21.5. The number of esters is 1. The van der Waals surface area contributed by atoms with Gasteiger partial charge in [-0.05, 0) is 68.8 Å². The van der Waals surface area contributed by atoms with Crippen LogP contribution in [0, 0.1) is 17.8 Å². The summed E-state index contributed by atoms with van der Waals surface area (Å²) in [5, 5.41) is 34.2. The average molecular weight is 626 g/mol. The van der Waals surface area contributed by atoms with Crippen molar-refractivity contribution >= 4 is 17.7 Å². The van der Waals surface area contributed by atoms with E-state index in [0.717, 1.165) is 56.9 Å². The molecular weight excluding hydrogens is 562 g/mol. The molecule has 0 aromatic rings. The molecule has 0 saturated heterocycles. The first-order valence-electron chi connectivity index (χ1n) is 17.2. The normalized spacial score (nSPS) is 32.4. The molecule has 0 spiro atoms. The number of Topliss-reactive ketones (excluding diaryl/α,β-unsaturated/α-hetero) is 1. The van der Waals surface area contributed by atoms with Gasteiger partial charge in [0.1, 0.15) is 5.78 Å². The van der Waals surface area contributed by atoms with Crippen LogP contribution in [-0.4, -0.2) is 77.7 Å². The van der Waals surface area contributed by atoms with E-state index in [2.05, 4.69) is 25.2 Å². The van der Waals surface area contributed by atoms with Crippen molar-refractivity contribution in [3.05, 3.63) is 11.6 Å². The number of ether oxygens (including phenoxy) is 2. The van der Waals surface area contributed by atoms with Gasteiger partial charge in [0.25, 0.3) is 5.91 Å². The molecule has 1 aliphatic heterocycles. The van der Waals surface area contributed by atoms with Gasteiger partial charge in [-0.2, -0.15) is 0 Å². The molecule has 1 amide bonds. The minimum atomic E-state index is -1.16. The first-order chi connectivity index (χ1) is 21.0. The lowest BCUT2D eigenvalue weighted by Crippen LogP contribution is -2.43. The molecule has 0 radical (unpaired) electrons. The zero-order valence-electron chi connectivity index (χ0n) is 28.2. The maximum atomic E-state index is 12.8. The zero-order valence-corrected chi connectivity index (χ0v) is 28.2. The highest BCUT2D eigenvalue weighted by molar-refractivity contribution is 5.84. The lowest BCUT2D eigenvalue weighted by molar-refractivity contribution is -0.160. The fourth-order valence-electron chi connectivity index (χ4n) is 5.98. The van der Waals surface area contributed by atoms with Gasteiger partial charge < -0.3 is 30.1 Å². The summed E-state index contributed by atoms with van der Waals surface area (Å²) in [6.45, 7) is 8.34. The van der Waals surface area contributed by atoms with Crippen LogP contribution in [0.4, 0.5) is 0 Å². The summed E-state index contributed by atoms with van der Waals surface area (Å²) in [7, 11) is 1.63. The van der Waals surface area contributed by atoms with Crippen molar-refractivity contribution in [2.24, 2.45) is 17.8 Å². The smallest absolute Gasteiger partial charge is 0.309 e. The summed E-state index contributed by atoms with van der Waals surface area (Å²) in [6, 6.07) is 0. The molecule has 0 aliphatic carbocycles. The largest absolute Gasteiger partial charge is 0.452 e. The number of aliphatic hydroxyl groups is 3. The number of rotatable bonds is 5. The van der Waals surface area contributed by atoms with E-state index in [1.807, 2.05) is 13.8 Å². The zero-order chi connectivity index (χ0) is 32.9. The molecule has 0 fully saturated rings. The molecule has 4 N–H and O–H groups in total. The minimum absolute atomic E-state index is 0.0986. The minimum Gasteiger partial charge on any atom is -0.452 e. The van der Waals surface area contributed by atoms with Crippen LogP contribution in [0.5, 0.6) is 0 Å². The fraction of sp³-hybridized carbons (Fsp3) is 0.857. The number of nitrogens with one attached hydrogen (secondary N) is 1. The maximum Gasteiger partial charge on any atom is 0.309 e.